The van der Waals surface area contributed by atoms with Gasteiger partial charge in [-0.15, -0.1) is 0 Å². The number of likely N-dealkylation sites (tertiary alicyclic amines) is 1. The molecule has 1 aromatic rings. The van der Waals surface area contributed by atoms with Gasteiger partial charge in [0.1, 0.15) is 0 Å². The van der Waals surface area contributed by atoms with Crippen molar-refractivity contribution in [2.24, 2.45) is 18.7 Å². The third kappa shape index (κ3) is 1.95. The molecule has 5 heteroatoms. The molecule has 1 saturated heterocycles. The van der Waals surface area contributed by atoms with Crippen molar-refractivity contribution in [3.05, 3.63) is 17.5 Å². The number of aryl methyl sites for hydroxylation is 1. The van der Waals surface area contributed by atoms with E-state index in [9.17, 15) is 4.79 Å². The second-order valence-corrected chi connectivity index (χ2v) is 4.83. The molecule has 1 aliphatic heterocycles. The third-order valence-corrected chi connectivity index (χ3v) is 3.85. The Morgan fingerprint density at radius 2 is 2.35 bits per heavy atom. The van der Waals surface area contributed by atoms with E-state index in [4.69, 9.17) is 5.73 Å². The summed E-state index contributed by atoms with van der Waals surface area (Å²) in [5.74, 6) is 0.552. The average Bonchev–Trinajstić information content (AvgIpc) is 2.83. The second-order valence-electron chi connectivity index (χ2n) is 4.83. The molecule has 0 aliphatic carbocycles. The van der Waals surface area contributed by atoms with Crippen molar-refractivity contribution >= 4 is 5.91 Å². The Bertz CT molecular complexity index is 426. The normalized spacial score (nSPS) is 24.4. The Labute approximate surface area is 102 Å². The molecular formula is C12H20N4O. The van der Waals surface area contributed by atoms with Crippen molar-refractivity contribution in [3.8, 4) is 0 Å². The zero-order valence-corrected chi connectivity index (χ0v) is 10.7. The summed E-state index contributed by atoms with van der Waals surface area (Å²) in [5, 5.41) is 4.12. The van der Waals surface area contributed by atoms with Crippen LogP contribution in [0, 0.1) is 12.8 Å². The van der Waals surface area contributed by atoms with Crippen LogP contribution in [0.25, 0.3) is 0 Å². The molecule has 0 aromatic carbocycles. The fourth-order valence-corrected chi connectivity index (χ4v) is 2.48. The molecule has 1 aromatic heterocycles. The van der Waals surface area contributed by atoms with Crippen molar-refractivity contribution < 1.29 is 4.79 Å². The molecule has 0 saturated carbocycles. The van der Waals surface area contributed by atoms with Gasteiger partial charge in [-0.25, -0.2) is 0 Å². The highest BCUT2D eigenvalue weighted by Gasteiger charge is 2.34. The third-order valence-electron chi connectivity index (χ3n) is 3.85. The van der Waals surface area contributed by atoms with E-state index in [-0.39, 0.29) is 11.9 Å². The summed E-state index contributed by atoms with van der Waals surface area (Å²) in [6, 6.07) is 0.169. The number of aromatic nitrogens is 2. The lowest BCUT2D eigenvalue weighted by Gasteiger charge is -2.25. The Kier molecular flexibility index (Phi) is 3.19. The highest BCUT2D eigenvalue weighted by molar-refractivity contribution is 5.95. The minimum atomic E-state index is 0.0652. The Hall–Kier alpha value is -1.36. The monoisotopic (exact) mass is 236 g/mol. The van der Waals surface area contributed by atoms with Crippen LogP contribution in [-0.2, 0) is 7.05 Å². The Morgan fingerprint density at radius 1 is 1.65 bits per heavy atom. The minimum absolute atomic E-state index is 0.0652. The molecule has 0 bridgehead atoms. The van der Waals surface area contributed by atoms with Gasteiger partial charge in [-0.3, -0.25) is 9.48 Å². The summed E-state index contributed by atoms with van der Waals surface area (Å²) >= 11 is 0. The summed E-state index contributed by atoms with van der Waals surface area (Å²) in [6.45, 7) is 5.40. The minimum Gasteiger partial charge on any atom is -0.334 e. The number of amides is 1. The van der Waals surface area contributed by atoms with Crippen LogP contribution in [0.3, 0.4) is 0 Å². The van der Waals surface area contributed by atoms with Crippen LogP contribution in [0.5, 0.6) is 0 Å². The summed E-state index contributed by atoms with van der Waals surface area (Å²) < 4.78 is 1.73. The molecule has 94 valence electrons. The molecule has 17 heavy (non-hydrogen) atoms. The van der Waals surface area contributed by atoms with Crippen LogP contribution in [0.15, 0.2) is 6.20 Å². The van der Waals surface area contributed by atoms with Gasteiger partial charge < -0.3 is 10.6 Å². The molecular weight excluding hydrogens is 216 g/mol. The van der Waals surface area contributed by atoms with E-state index in [2.05, 4.69) is 12.0 Å². The van der Waals surface area contributed by atoms with Gasteiger partial charge in [0.05, 0.1) is 11.8 Å². The molecule has 1 aliphatic rings. The van der Waals surface area contributed by atoms with Crippen molar-refractivity contribution in [3.63, 3.8) is 0 Å². The zero-order chi connectivity index (χ0) is 12.6. The van der Waals surface area contributed by atoms with E-state index in [0.29, 0.717) is 18.0 Å². The topological polar surface area (TPSA) is 64.2 Å². The molecule has 2 atom stereocenters. The number of nitrogens with zero attached hydrogens (tertiary/aromatic N) is 3. The predicted molar refractivity (Wildman–Crippen MR) is 65.6 cm³/mol. The van der Waals surface area contributed by atoms with Gasteiger partial charge >= 0.3 is 0 Å². The van der Waals surface area contributed by atoms with E-state index in [1.807, 2.05) is 18.9 Å². The summed E-state index contributed by atoms with van der Waals surface area (Å²) in [7, 11) is 1.85. The van der Waals surface area contributed by atoms with E-state index < -0.39 is 0 Å². The molecule has 1 fully saturated rings. The van der Waals surface area contributed by atoms with E-state index >= 15 is 0 Å². The number of hydrogen-bond donors (Lipinski definition) is 1. The maximum absolute atomic E-state index is 12.4. The fraction of sp³-hybridized carbons (Fsp3) is 0.667. The first kappa shape index (κ1) is 12.1. The molecule has 2 unspecified atom stereocenters. The lowest BCUT2D eigenvalue weighted by molar-refractivity contribution is 0.0726. The molecule has 5 nitrogen and oxygen atoms in total. The number of nitrogens with two attached hydrogens (primary N) is 1. The van der Waals surface area contributed by atoms with Gasteiger partial charge in [-0.2, -0.15) is 5.10 Å². The molecule has 1 amide bonds. The Morgan fingerprint density at radius 3 is 2.88 bits per heavy atom. The first-order valence-electron chi connectivity index (χ1n) is 6.06. The van der Waals surface area contributed by atoms with Crippen LogP contribution < -0.4 is 5.73 Å². The largest absolute Gasteiger partial charge is 0.334 e. The molecule has 2 N–H and O–H groups in total. The second kappa shape index (κ2) is 4.49. The van der Waals surface area contributed by atoms with Crippen molar-refractivity contribution in [2.45, 2.75) is 26.3 Å². The van der Waals surface area contributed by atoms with Gasteiger partial charge in [0, 0.05) is 31.9 Å². The highest BCUT2D eigenvalue weighted by Crippen LogP contribution is 2.25. The maximum Gasteiger partial charge on any atom is 0.257 e. The van der Waals surface area contributed by atoms with Crippen LogP contribution >= 0.6 is 0 Å². The zero-order valence-electron chi connectivity index (χ0n) is 10.7. The van der Waals surface area contributed by atoms with Gasteiger partial charge in [0.25, 0.3) is 5.91 Å². The average molecular weight is 236 g/mol. The summed E-state index contributed by atoms with van der Waals surface area (Å²) in [4.78, 5) is 14.3. The number of rotatable bonds is 2. The molecule has 2 heterocycles. The maximum atomic E-state index is 12.4. The lowest BCUT2D eigenvalue weighted by atomic mass is 10.0. The van der Waals surface area contributed by atoms with Gasteiger partial charge in [0.2, 0.25) is 0 Å². The summed E-state index contributed by atoms with van der Waals surface area (Å²) in [5.41, 5.74) is 7.36. The quantitative estimate of drug-likeness (QED) is 0.815. The number of carbonyl (C=O) groups is 1. The first-order valence-corrected chi connectivity index (χ1v) is 6.06. The van der Waals surface area contributed by atoms with Crippen LogP contribution in [0.1, 0.15) is 29.4 Å². The van der Waals surface area contributed by atoms with Crippen LogP contribution in [0.2, 0.25) is 0 Å². The molecule has 0 radical (unpaired) electrons. The van der Waals surface area contributed by atoms with Gasteiger partial charge in [-0.1, -0.05) is 6.92 Å². The van der Waals surface area contributed by atoms with Crippen LogP contribution in [0.4, 0.5) is 0 Å². The van der Waals surface area contributed by atoms with E-state index in [1.54, 1.807) is 10.9 Å². The van der Waals surface area contributed by atoms with Gasteiger partial charge in [-0.05, 0) is 19.3 Å². The molecule has 2 rings (SSSR count). The van der Waals surface area contributed by atoms with Crippen molar-refractivity contribution in [2.75, 3.05) is 13.1 Å². The highest BCUT2D eigenvalue weighted by atomic mass is 16.2. The number of hydrogen-bond acceptors (Lipinski definition) is 3. The van der Waals surface area contributed by atoms with E-state index in [1.165, 1.54) is 0 Å². The van der Waals surface area contributed by atoms with Gasteiger partial charge in [0.15, 0.2) is 0 Å². The van der Waals surface area contributed by atoms with Crippen molar-refractivity contribution in [1.29, 1.82) is 0 Å². The standard InChI is InChI=1S/C12H20N4O/c1-8-4-5-16(11(8)6-13)12(17)10-7-14-15(3)9(10)2/h7-8,11H,4-6,13H2,1-3H3. The SMILES string of the molecule is Cc1c(C(=O)N2CCC(C)C2CN)cnn1C. The smallest absolute Gasteiger partial charge is 0.257 e. The first-order chi connectivity index (χ1) is 8.06. The van der Waals surface area contributed by atoms with Crippen LogP contribution in [-0.4, -0.2) is 39.7 Å². The molecule has 0 spiro atoms. The Balaban J connectivity index is 2.23. The predicted octanol–water partition coefficient (Wildman–Crippen LogP) is 0.538. The van der Waals surface area contributed by atoms with Crippen molar-refractivity contribution in [1.82, 2.24) is 14.7 Å². The lowest BCUT2D eigenvalue weighted by Crippen LogP contribution is -2.42. The van der Waals surface area contributed by atoms with E-state index in [0.717, 1.165) is 18.7 Å². The number of carbonyl (C=O) groups excluding carboxylic acids is 1. The summed E-state index contributed by atoms with van der Waals surface area (Å²) in [6.07, 6.45) is 2.68. The fourth-order valence-electron chi connectivity index (χ4n) is 2.48.